The van der Waals surface area contributed by atoms with Crippen molar-refractivity contribution in [1.29, 1.82) is 0 Å². The standard InChI is InChI=1S/C37H41N7O5S/c1-41-14-10-28-33(41)40-23-44(35(28)46)22-37(48)12-16-42(17-13-37)34(45)27-11-15-43(20-29(27)24-6-4-3-5-7-24)36(47)30-18-26(21-49-2)32(50-30)25-8-9-31(38)39-19-25/h3-10,14,18-19,23,27,29,48H,11-13,15-17,20-22H2,1-2H3,(H2,38,39)/t27-,29+/m1/s1. The quantitative estimate of drug-likeness (QED) is 0.249. The number of nitrogen functional groups attached to an aromatic ring is 1. The number of carbonyl (C=O) groups excluding carboxylic acids is 2. The Bertz CT molecular complexity index is 2070. The minimum Gasteiger partial charge on any atom is -0.388 e. The first-order chi connectivity index (χ1) is 24.1. The first-order valence-electron chi connectivity index (χ1n) is 16.8. The van der Waals surface area contributed by atoms with Crippen LogP contribution in [0.25, 0.3) is 21.5 Å². The molecule has 5 aromatic rings. The zero-order valence-corrected chi connectivity index (χ0v) is 29.0. The van der Waals surface area contributed by atoms with Crippen molar-refractivity contribution in [1.82, 2.24) is 28.9 Å². The molecule has 7 rings (SSSR count). The molecule has 13 heteroatoms. The van der Waals surface area contributed by atoms with Crippen molar-refractivity contribution < 1.29 is 19.4 Å². The van der Waals surface area contributed by atoms with Crippen LogP contribution in [-0.2, 0) is 29.7 Å². The summed E-state index contributed by atoms with van der Waals surface area (Å²) in [5, 5.41) is 12.0. The maximum Gasteiger partial charge on any atom is 0.263 e. The monoisotopic (exact) mass is 695 g/mol. The number of thiophene rings is 1. The number of anilines is 1. The molecular formula is C37H41N7O5S. The van der Waals surface area contributed by atoms with Gasteiger partial charge in [0.2, 0.25) is 5.91 Å². The lowest BCUT2D eigenvalue weighted by Crippen LogP contribution is -2.53. The van der Waals surface area contributed by atoms with Gasteiger partial charge in [-0.2, -0.15) is 0 Å². The molecule has 6 heterocycles. The van der Waals surface area contributed by atoms with E-state index in [1.807, 2.05) is 59.3 Å². The Kier molecular flexibility index (Phi) is 9.29. The van der Waals surface area contributed by atoms with Crippen molar-refractivity contribution in [3.05, 3.63) is 99.7 Å². The van der Waals surface area contributed by atoms with Gasteiger partial charge >= 0.3 is 0 Å². The van der Waals surface area contributed by atoms with Gasteiger partial charge in [0.1, 0.15) is 17.8 Å². The number of hydrogen-bond acceptors (Lipinski definition) is 9. The number of aromatic nitrogens is 4. The van der Waals surface area contributed by atoms with Crippen LogP contribution in [0, 0.1) is 5.92 Å². The lowest BCUT2D eigenvalue weighted by atomic mass is 9.79. The van der Waals surface area contributed by atoms with Crippen molar-refractivity contribution in [3.8, 4) is 10.4 Å². The molecule has 2 aliphatic heterocycles. The predicted molar refractivity (Wildman–Crippen MR) is 192 cm³/mol. The fourth-order valence-electron chi connectivity index (χ4n) is 7.35. The number of fused-ring (bicyclic) bond motifs is 1. The lowest BCUT2D eigenvalue weighted by molar-refractivity contribution is -0.142. The summed E-state index contributed by atoms with van der Waals surface area (Å²) in [6.45, 7) is 2.09. The molecule has 0 aliphatic carbocycles. The Labute approximate surface area is 293 Å². The van der Waals surface area contributed by atoms with E-state index in [4.69, 9.17) is 10.5 Å². The highest BCUT2D eigenvalue weighted by Crippen LogP contribution is 2.38. The number of aryl methyl sites for hydroxylation is 1. The summed E-state index contributed by atoms with van der Waals surface area (Å²) in [7, 11) is 3.46. The molecule has 12 nitrogen and oxygen atoms in total. The maximum atomic E-state index is 14.2. The van der Waals surface area contributed by atoms with Crippen molar-refractivity contribution in [3.63, 3.8) is 0 Å². The Balaban J connectivity index is 1.06. The van der Waals surface area contributed by atoms with Crippen LogP contribution in [0.15, 0.2) is 78.1 Å². The SMILES string of the molecule is COCc1cc(C(=O)N2CC[C@@H](C(=O)N3CCC(O)(Cn4cnc5c(ccn5C)c4=O)CC3)[C@H](c3ccccc3)C2)sc1-c1ccc(N)nc1. The molecule has 1 aromatic carbocycles. The van der Waals surface area contributed by atoms with Gasteiger partial charge in [-0.25, -0.2) is 9.97 Å². The van der Waals surface area contributed by atoms with Crippen LogP contribution in [-0.4, -0.2) is 84.7 Å². The van der Waals surface area contributed by atoms with E-state index in [1.165, 1.54) is 22.2 Å². The van der Waals surface area contributed by atoms with Crippen LogP contribution in [0.3, 0.4) is 0 Å². The van der Waals surface area contributed by atoms with Gasteiger partial charge in [-0.3, -0.25) is 19.0 Å². The maximum absolute atomic E-state index is 14.2. The van der Waals surface area contributed by atoms with E-state index in [1.54, 1.807) is 36.2 Å². The molecule has 260 valence electrons. The summed E-state index contributed by atoms with van der Waals surface area (Å²) in [5.74, 6) is -0.119. The van der Waals surface area contributed by atoms with Crippen LogP contribution < -0.4 is 11.3 Å². The topological polar surface area (TPSA) is 149 Å². The van der Waals surface area contributed by atoms with E-state index >= 15 is 0 Å². The normalized spacial score (nSPS) is 19.2. The number of methoxy groups -OCH3 is 1. The Morgan fingerprint density at radius 2 is 1.84 bits per heavy atom. The Morgan fingerprint density at radius 3 is 2.56 bits per heavy atom. The smallest absolute Gasteiger partial charge is 0.263 e. The van der Waals surface area contributed by atoms with E-state index in [2.05, 4.69) is 9.97 Å². The number of nitrogens with zero attached hydrogens (tertiary/aromatic N) is 6. The van der Waals surface area contributed by atoms with Crippen LogP contribution in [0.2, 0.25) is 0 Å². The van der Waals surface area contributed by atoms with Gasteiger partial charge in [-0.05, 0) is 54.7 Å². The Hall–Kier alpha value is -4.85. The molecule has 2 atom stereocenters. The molecule has 0 radical (unpaired) electrons. The molecule has 3 N–H and O–H groups in total. The van der Waals surface area contributed by atoms with Gasteiger partial charge in [0.05, 0.1) is 29.0 Å². The molecule has 0 spiro atoms. The zero-order valence-electron chi connectivity index (χ0n) is 28.2. The fraction of sp³-hybridized carbons (Fsp3) is 0.378. The third kappa shape index (κ3) is 6.55. The van der Waals surface area contributed by atoms with Crippen molar-refractivity contribution in [2.45, 2.75) is 43.9 Å². The van der Waals surface area contributed by atoms with E-state index in [0.717, 1.165) is 21.6 Å². The third-order valence-corrected chi connectivity index (χ3v) is 11.3. The number of hydrogen-bond donors (Lipinski definition) is 2. The third-order valence-electron chi connectivity index (χ3n) is 10.1. The van der Waals surface area contributed by atoms with E-state index in [9.17, 15) is 19.5 Å². The van der Waals surface area contributed by atoms with Crippen LogP contribution in [0.4, 0.5) is 5.82 Å². The average Bonchev–Trinajstić information content (AvgIpc) is 3.73. The molecule has 0 unspecified atom stereocenters. The van der Waals surface area contributed by atoms with Crippen LogP contribution >= 0.6 is 11.3 Å². The van der Waals surface area contributed by atoms with E-state index < -0.39 is 5.60 Å². The van der Waals surface area contributed by atoms with Crippen LogP contribution in [0.1, 0.15) is 46.0 Å². The summed E-state index contributed by atoms with van der Waals surface area (Å²) < 4.78 is 8.71. The van der Waals surface area contributed by atoms with Gasteiger partial charge < -0.3 is 29.9 Å². The number of benzene rings is 1. The summed E-state index contributed by atoms with van der Waals surface area (Å²) in [5.41, 5.74) is 7.88. The number of piperidine rings is 2. The number of nitrogens with two attached hydrogens (primary N) is 1. The number of carbonyl (C=O) groups is 2. The second kappa shape index (κ2) is 13.8. The summed E-state index contributed by atoms with van der Waals surface area (Å²) in [4.78, 5) is 55.2. The van der Waals surface area contributed by atoms with Gasteiger partial charge in [0, 0.05) is 75.0 Å². The highest BCUT2D eigenvalue weighted by Gasteiger charge is 2.42. The molecule has 2 saturated heterocycles. The van der Waals surface area contributed by atoms with Gasteiger partial charge in [0.15, 0.2) is 0 Å². The van der Waals surface area contributed by atoms with Crippen molar-refractivity contribution in [2.75, 3.05) is 39.0 Å². The molecule has 2 fully saturated rings. The highest BCUT2D eigenvalue weighted by molar-refractivity contribution is 7.17. The largest absolute Gasteiger partial charge is 0.388 e. The molecular weight excluding hydrogens is 655 g/mol. The predicted octanol–water partition coefficient (Wildman–Crippen LogP) is 3.89. The summed E-state index contributed by atoms with van der Waals surface area (Å²) in [6, 6.07) is 17.2. The molecule has 0 bridgehead atoms. The van der Waals surface area contributed by atoms with Gasteiger partial charge in [-0.15, -0.1) is 11.3 Å². The lowest BCUT2D eigenvalue weighted by Gasteiger charge is -2.43. The number of ether oxygens (including phenoxy) is 1. The molecule has 0 saturated carbocycles. The van der Waals surface area contributed by atoms with E-state index in [-0.39, 0.29) is 35.8 Å². The molecule has 2 amide bonds. The van der Waals surface area contributed by atoms with E-state index in [0.29, 0.717) is 73.8 Å². The molecule has 4 aromatic heterocycles. The van der Waals surface area contributed by atoms with Crippen molar-refractivity contribution in [2.24, 2.45) is 13.0 Å². The second-order valence-electron chi connectivity index (χ2n) is 13.4. The average molecular weight is 696 g/mol. The van der Waals surface area contributed by atoms with Gasteiger partial charge in [0.25, 0.3) is 11.5 Å². The number of rotatable bonds is 8. The Morgan fingerprint density at radius 1 is 1.06 bits per heavy atom. The summed E-state index contributed by atoms with van der Waals surface area (Å²) in [6.07, 6.45) is 6.21. The number of aliphatic hydroxyl groups is 1. The van der Waals surface area contributed by atoms with Gasteiger partial charge in [-0.1, -0.05) is 30.3 Å². The number of likely N-dealkylation sites (tertiary alicyclic amines) is 2. The first-order valence-corrected chi connectivity index (χ1v) is 17.6. The highest BCUT2D eigenvalue weighted by atomic mass is 32.1. The second-order valence-corrected chi connectivity index (χ2v) is 14.5. The van der Waals surface area contributed by atoms with Crippen LogP contribution in [0.5, 0.6) is 0 Å². The fourth-order valence-corrected chi connectivity index (χ4v) is 8.48. The minimum absolute atomic E-state index is 0.0363. The summed E-state index contributed by atoms with van der Waals surface area (Å²) >= 11 is 1.41. The molecule has 2 aliphatic rings. The molecule has 50 heavy (non-hydrogen) atoms. The number of pyridine rings is 1. The first kappa shape index (κ1) is 33.6. The zero-order chi connectivity index (χ0) is 35.0. The van der Waals surface area contributed by atoms with Crippen molar-refractivity contribution >= 4 is 40.0 Å². The minimum atomic E-state index is -1.14. The number of amides is 2.